The number of amides is 1. The molecule has 1 unspecified atom stereocenters. The van der Waals surface area contributed by atoms with Crippen LogP contribution in [0.2, 0.25) is 5.02 Å². The highest BCUT2D eigenvalue weighted by atomic mass is 35.5. The van der Waals surface area contributed by atoms with E-state index in [1.807, 2.05) is 18.6 Å². The largest absolute Gasteiger partial charge is 0.448 e. The number of hydrogen-bond donors (Lipinski definition) is 1. The summed E-state index contributed by atoms with van der Waals surface area (Å²) in [5.74, 6) is 0.266. The first-order valence-electron chi connectivity index (χ1n) is 12.0. The zero-order valence-electron chi connectivity index (χ0n) is 21.2. The molecule has 1 heterocycles. The molecule has 7 nitrogen and oxygen atoms in total. The van der Waals surface area contributed by atoms with Crippen LogP contribution in [-0.4, -0.2) is 30.7 Å². The number of benzene rings is 3. The molecular weight excluding hydrogens is 555 g/mol. The fraction of sp³-hybridized carbons (Fsp3) is 0.259. The Bertz CT molecular complexity index is 1620. The van der Waals surface area contributed by atoms with Crippen LogP contribution < -0.4 is 4.72 Å². The number of nitrogens with zero attached hydrogens (tertiary/aromatic N) is 2. The predicted molar refractivity (Wildman–Crippen MR) is 142 cm³/mol. The molecule has 1 amide bonds. The van der Waals surface area contributed by atoms with Gasteiger partial charge in [0.15, 0.2) is 0 Å². The number of halogens is 4. The third-order valence-corrected chi connectivity index (χ3v) is 7.90. The number of sulfonamides is 1. The van der Waals surface area contributed by atoms with Gasteiger partial charge >= 0.3 is 12.3 Å². The van der Waals surface area contributed by atoms with Crippen molar-refractivity contribution < 1.29 is 31.1 Å². The SMILES string of the molecule is CCc1nc2c(Cl)c(C(F)(F)F)ccc2n1-c1ccc(C(C)COC(=O)NS(=O)(=O)c2ccc(C)cc2)cc1. The summed E-state index contributed by atoms with van der Waals surface area (Å²) in [6.07, 6.45) is -5.23. The Morgan fingerprint density at radius 2 is 1.72 bits per heavy atom. The number of hydrogen-bond acceptors (Lipinski definition) is 5. The van der Waals surface area contributed by atoms with Gasteiger partial charge < -0.3 is 4.74 Å². The van der Waals surface area contributed by atoms with Crippen LogP contribution in [0.4, 0.5) is 18.0 Å². The van der Waals surface area contributed by atoms with Gasteiger partial charge in [-0.2, -0.15) is 13.2 Å². The molecule has 0 saturated heterocycles. The zero-order valence-corrected chi connectivity index (χ0v) is 22.8. The molecule has 12 heteroatoms. The van der Waals surface area contributed by atoms with Crippen molar-refractivity contribution in [2.45, 2.75) is 44.2 Å². The highest BCUT2D eigenvalue weighted by Crippen LogP contribution is 2.39. The molecule has 0 aliphatic rings. The van der Waals surface area contributed by atoms with E-state index in [2.05, 4.69) is 4.98 Å². The molecule has 206 valence electrons. The van der Waals surface area contributed by atoms with Crippen molar-refractivity contribution in [2.24, 2.45) is 0 Å². The zero-order chi connectivity index (χ0) is 28.5. The summed E-state index contributed by atoms with van der Waals surface area (Å²) in [6, 6.07) is 15.5. The Kier molecular flexibility index (Phi) is 7.94. The molecule has 3 aromatic carbocycles. The molecular formula is C27H25ClF3N3O4S. The molecule has 4 rings (SSSR count). The predicted octanol–water partition coefficient (Wildman–Crippen LogP) is 6.79. The Morgan fingerprint density at radius 3 is 2.31 bits per heavy atom. The van der Waals surface area contributed by atoms with E-state index in [0.717, 1.165) is 17.2 Å². The molecule has 1 aromatic heterocycles. The van der Waals surface area contributed by atoms with Crippen molar-refractivity contribution in [3.05, 3.63) is 88.2 Å². The van der Waals surface area contributed by atoms with Crippen LogP contribution in [0.5, 0.6) is 0 Å². The number of imidazole rings is 1. The Hall–Kier alpha value is -3.57. The van der Waals surface area contributed by atoms with Crippen LogP contribution in [-0.2, 0) is 27.4 Å². The van der Waals surface area contributed by atoms with E-state index in [9.17, 15) is 26.4 Å². The minimum atomic E-state index is -4.59. The first kappa shape index (κ1) is 28.4. The van der Waals surface area contributed by atoms with E-state index in [4.69, 9.17) is 16.3 Å². The number of carbonyl (C=O) groups is 1. The van der Waals surface area contributed by atoms with Gasteiger partial charge in [0.1, 0.15) is 11.3 Å². The molecule has 0 bridgehead atoms. The van der Waals surface area contributed by atoms with E-state index in [1.165, 1.54) is 18.2 Å². The van der Waals surface area contributed by atoms with Gasteiger partial charge in [-0.3, -0.25) is 4.57 Å². The average Bonchev–Trinajstić information content (AvgIpc) is 3.26. The summed E-state index contributed by atoms with van der Waals surface area (Å²) in [5, 5.41) is -0.446. The molecule has 0 spiro atoms. The Balaban J connectivity index is 1.48. The number of fused-ring (bicyclic) bond motifs is 1. The third-order valence-electron chi connectivity index (χ3n) is 6.19. The van der Waals surface area contributed by atoms with Crippen molar-refractivity contribution in [3.63, 3.8) is 0 Å². The number of aromatic nitrogens is 2. The number of carbonyl (C=O) groups excluding carboxylic acids is 1. The third kappa shape index (κ3) is 6.04. The van der Waals surface area contributed by atoms with Gasteiger partial charge in [0.25, 0.3) is 10.0 Å². The lowest BCUT2D eigenvalue weighted by atomic mass is 10.0. The Morgan fingerprint density at radius 1 is 1.08 bits per heavy atom. The standard InChI is InChI=1S/C27H25ClF3N3O4S/c1-4-23-32-25-22(14-13-21(24(25)28)27(29,30)31)34(23)19-9-7-18(8-10-19)17(3)15-38-26(35)33-39(36,37)20-11-5-16(2)6-12-20/h5-14,17H,4,15H2,1-3H3,(H,33,35). The van der Waals surface area contributed by atoms with Gasteiger partial charge in [0.05, 0.1) is 27.6 Å². The van der Waals surface area contributed by atoms with Crippen LogP contribution in [0.15, 0.2) is 65.6 Å². The van der Waals surface area contributed by atoms with Gasteiger partial charge in [0.2, 0.25) is 0 Å². The maximum absolute atomic E-state index is 13.3. The van der Waals surface area contributed by atoms with Crippen molar-refractivity contribution in [1.82, 2.24) is 14.3 Å². The fourth-order valence-electron chi connectivity index (χ4n) is 4.07. The molecule has 0 radical (unpaired) electrons. The summed E-state index contributed by atoms with van der Waals surface area (Å²) in [7, 11) is -4.06. The molecule has 0 fully saturated rings. The minimum absolute atomic E-state index is 0.0527. The summed E-state index contributed by atoms with van der Waals surface area (Å²) < 4.78 is 73.4. The molecule has 0 aliphatic heterocycles. The van der Waals surface area contributed by atoms with Gasteiger partial charge in [0, 0.05) is 18.0 Å². The van der Waals surface area contributed by atoms with Crippen LogP contribution in [0.3, 0.4) is 0 Å². The topological polar surface area (TPSA) is 90.3 Å². The lowest BCUT2D eigenvalue weighted by Gasteiger charge is -2.15. The fourth-order valence-corrected chi connectivity index (χ4v) is 5.27. The second-order valence-electron chi connectivity index (χ2n) is 9.02. The van der Waals surface area contributed by atoms with Gasteiger partial charge in [-0.1, -0.05) is 55.3 Å². The molecule has 1 N–H and O–H groups in total. The van der Waals surface area contributed by atoms with E-state index in [1.54, 1.807) is 47.9 Å². The molecule has 1 atom stereocenters. The number of ether oxygens (including phenoxy) is 1. The van der Waals surface area contributed by atoms with Crippen molar-refractivity contribution in [1.29, 1.82) is 0 Å². The van der Waals surface area contributed by atoms with Gasteiger partial charge in [-0.05, 0) is 48.9 Å². The second kappa shape index (κ2) is 10.9. The number of alkyl halides is 3. The van der Waals surface area contributed by atoms with Gasteiger partial charge in [-0.15, -0.1) is 0 Å². The van der Waals surface area contributed by atoms with Crippen LogP contribution in [0.25, 0.3) is 16.7 Å². The number of aryl methyl sites for hydroxylation is 2. The van der Waals surface area contributed by atoms with Crippen molar-refractivity contribution in [2.75, 3.05) is 6.61 Å². The molecule has 4 aromatic rings. The van der Waals surface area contributed by atoms with Crippen LogP contribution in [0, 0.1) is 6.92 Å². The first-order valence-corrected chi connectivity index (χ1v) is 13.8. The van der Waals surface area contributed by atoms with E-state index in [-0.39, 0.29) is 22.9 Å². The summed E-state index contributed by atoms with van der Waals surface area (Å²) in [6.45, 7) is 5.38. The quantitative estimate of drug-likeness (QED) is 0.260. The maximum Gasteiger partial charge on any atom is 0.421 e. The highest BCUT2D eigenvalue weighted by Gasteiger charge is 2.34. The number of rotatable bonds is 7. The van der Waals surface area contributed by atoms with E-state index >= 15 is 0 Å². The summed E-state index contributed by atoms with van der Waals surface area (Å²) >= 11 is 6.08. The van der Waals surface area contributed by atoms with Gasteiger partial charge in [-0.25, -0.2) is 22.9 Å². The maximum atomic E-state index is 13.3. The van der Waals surface area contributed by atoms with Crippen LogP contribution >= 0.6 is 11.6 Å². The Labute approximate surface area is 228 Å². The molecule has 0 aliphatic carbocycles. The monoisotopic (exact) mass is 579 g/mol. The van der Waals surface area contributed by atoms with E-state index < -0.39 is 32.9 Å². The summed E-state index contributed by atoms with van der Waals surface area (Å²) in [5.41, 5.74) is 1.92. The second-order valence-corrected chi connectivity index (χ2v) is 11.1. The molecule has 0 saturated carbocycles. The highest BCUT2D eigenvalue weighted by molar-refractivity contribution is 7.90. The van der Waals surface area contributed by atoms with E-state index in [0.29, 0.717) is 23.4 Å². The lowest BCUT2D eigenvalue weighted by Crippen LogP contribution is -2.32. The lowest BCUT2D eigenvalue weighted by molar-refractivity contribution is -0.137. The van der Waals surface area contributed by atoms with Crippen molar-refractivity contribution >= 4 is 38.8 Å². The first-order chi connectivity index (χ1) is 18.3. The van der Waals surface area contributed by atoms with Crippen LogP contribution in [0.1, 0.15) is 42.3 Å². The summed E-state index contributed by atoms with van der Waals surface area (Å²) in [4.78, 5) is 16.5. The van der Waals surface area contributed by atoms with Crippen molar-refractivity contribution in [3.8, 4) is 5.69 Å². The normalized spacial score (nSPS) is 12.9. The minimum Gasteiger partial charge on any atom is -0.448 e. The number of nitrogens with one attached hydrogen (secondary N) is 1. The molecule has 39 heavy (non-hydrogen) atoms. The smallest absolute Gasteiger partial charge is 0.421 e. The average molecular weight is 580 g/mol.